The molecule has 4 aliphatic rings. The second-order valence-electron chi connectivity index (χ2n) is 8.61. The van der Waals surface area contributed by atoms with Crippen LogP contribution in [-0.4, -0.2) is 35.4 Å². The number of ether oxygens (including phenoxy) is 1. The quantitative estimate of drug-likeness (QED) is 0.735. The van der Waals surface area contributed by atoms with Crippen LogP contribution in [0.2, 0.25) is 0 Å². The molecule has 5 rings (SSSR count). The highest BCUT2D eigenvalue weighted by Crippen LogP contribution is 2.60. The number of hydrogen-bond donors (Lipinski definition) is 0. The third-order valence-electron chi connectivity index (χ3n) is 6.69. The van der Waals surface area contributed by atoms with Crippen molar-refractivity contribution in [3.8, 4) is 0 Å². The van der Waals surface area contributed by atoms with Gasteiger partial charge in [-0.3, -0.25) is 14.6 Å². The van der Waals surface area contributed by atoms with Crippen LogP contribution >= 0.6 is 0 Å². The van der Waals surface area contributed by atoms with Crippen molar-refractivity contribution in [2.75, 3.05) is 13.7 Å². The molecule has 0 aliphatic heterocycles. The average Bonchev–Trinajstić information content (AvgIpc) is 2.64. The molecule has 0 unspecified atom stereocenters. The molecule has 140 valence electrons. The Hall–Kier alpha value is -1.91. The van der Waals surface area contributed by atoms with Crippen LogP contribution in [0.15, 0.2) is 24.5 Å². The van der Waals surface area contributed by atoms with E-state index in [1.54, 1.807) is 12.4 Å². The van der Waals surface area contributed by atoms with Gasteiger partial charge in [0, 0.05) is 25.5 Å². The number of rotatable bonds is 6. The molecule has 4 fully saturated rings. The maximum Gasteiger partial charge on any atom is 0.307 e. The summed E-state index contributed by atoms with van der Waals surface area (Å²) in [6.07, 6.45) is 10.9. The van der Waals surface area contributed by atoms with Gasteiger partial charge < -0.3 is 9.64 Å². The molecule has 0 saturated heterocycles. The minimum atomic E-state index is -0.264. The average molecular weight is 356 g/mol. The van der Waals surface area contributed by atoms with Crippen molar-refractivity contribution in [3.63, 3.8) is 0 Å². The molecule has 4 saturated carbocycles. The van der Waals surface area contributed by atoms with E-state index in [2.05, 4.69) is 4.98 Å². The number of carbonyl (C=O) groups is 2. The molecule has 0 N–H and O–H groups in total. The number of methoxy groups -OCH3 is 1. The van der Waals surface area contributed by atoms with Crippen LogP contribution in [0.3, 0.4) is 0 Å². The monoisotopic (exact) mass is 356 g/mol. The van der Waals surface area contributed by atoms with Crippen LogP contribution in [0.4, 0.5) is 0 Å². The largest absolute Gasteiger partial charge is 0.469 e. The van der Waals surface area contributed by atoms with Gasteiger partial charge in [-0.1, -0.05) is 6.07 Å². The van der Waals surface area contributed by atoms with Crippen molar-refractivity contribution in [1.82, 2.24) is 9.88 Å². The van der Waals surface area contributed by atoms with Gasteiger partial charge in [0.15, 0.2) is 0 Å². The zero-order valence-corrected chi connectivity index (χ0v) is 15.5. The van der Waals surface area contributed by atoms with Crippen LogP contribution < -0.4 is 0 Å². The van der Waals surface area contributed by atoms with Crippen LogP contribution in [0.25, 0.3) is 0 Å². The number of hydrogen-bond acceptors (Lipinski definition) is 4. The summed E-state index contributed by atoms with van der Waals surface area (Å²) >= 11 is 0. The van der Waals surface area contributed by atoms with E-state index in [9.17, 15) is 9.59 Å². The molecule has 0 aromatic carbocycles. The Labute approximate surface area is 155 Å². The minimum Gasteiger partial charge on any atom is -0.469 e. The first-order chi connectivity index (χ1) is 12.6. The molecule has 0 spiro atoms. The van der Waals surface area contributed by atoms with Crippen molar-refractivity contribution >= 4 is 11.9 Å². The first-order valence-electron chi connectivity index (χ1n) is 9.83. The fraction of sp³-hybridized carbons (Fsp3) is 0.667. The van der Waals surface area contributed by atoms with Crippen molar-refractivity contribution in [1.29, 1.82) is 0 Å². The summed E-state index contributed by atoms with van der Waals surface area (Å²) in [5, 5.41) is 0. The first kappa shape index (κ1) is 17.5. The fourth-order valence-corrected chi connectivity index (χ4v) is 6.00. The van der Waals surface area contributed by atoms with E-state index in [-0.39, 0.29) is 23.7 Å². The van der Waals surface area contributed by atoms with Gasteiger partial charge in [0.05, 0.1) is 18.9 Å². The number of aromatic nitrogens is 1. The Bertz CT molecular complexity index is 638. The molecular formula is C21H28N2O3. The fourth-order valence-electron chi connectivity index (χ4n) is 6.00. The number of carbonyl (C=O) groups excluding carboxylic acids is 2. The number of amides is 1. The van der Waals surface area contributed by atoms with Gasteiger partial charge in [-0.15, -0.1) is 0 Å². The van der Waals surface area contributed by atoms with E-state index in [4.69, 9.17) is 4.74 Å². The summed E-state index contributed by atoms with van der Waals surface area (Å²) in [6.45, 7) is 0.938. The molecule has 1 heterocycles. The van der Waals surface area contributed by atoms with Crippen molar-refractivity contribution in [3.05, 3.63) is 30.1 Å². The smallest absolute Gasteiger partial charge is 0.307 e. The highest BCUT2D eigenvalue weighted by molar-refractivity contribution is 5.84. The van der Waals surface area contributed by atoms with E-state index >= 15 is 0 Å². The Morgan fingerprint density at radius 1 is 1.19 bits per heavy atom. The summed E-state index contributed by atoms with van der Waals surface area (Å²) in [6, 6.07) is 3.88. The standard InChI is InChI=1S/C21H28N2O3/c1-26-19(24)4-6-23(14-15-3-2-5-22-13-15)20(25)21-10-16-7-17(11-21)9-18(8-16)12-21/h2-3,5,13,16-18H,4,6-12,14H2,1H3. The summed E-state index contributed by atoms with van der Waals surface area (Å²) in [4.78, 5) is 31.4. The molecular weight excluding hydrogens is 328 g/mol. The third-order valence-corrected chi connectivity index (χ3v) is 6.69. The Morgan fingerprint density at radius 3 is 2.38 bits per heavy atom. The van der Waals surface area contributed by atoms with E-state index in [1.165, 1.54) is 26.4 Å². The summed E-state index contributed by atoms with van der Waals surface area (Å²) in [7, 11) is 1.40. The molecule has 0 atom stereocenters. The Kier molecular flexibility index (Phi) is 4.72. The Morgan fingerprint density at radius 2 is 1.85 bits per heavy atom. The van der Waals surface area contributed by atoms with E-state index in [0.717, 1.165) is 42.6 Å². The van der Waals surface area contributed by atoms with Gasteiger partial charge in [-0.05, 0) is 67.9 Å². The van der Waals surface area contributed by atoms with Crippen molar-refractivity contribution in [2.24, 2.45) is 23.2 Å². The van der Waals surface area contributed by atoms with Gasteiger partial charge in [0.1, 0.15) is 0 Å². The lowest BCUT2D eigenvalue weighted by molar-refractivity contribution is -0.159. The van der Waals surface area contributed by atoms with Crippen LogP contribution in [0, 0.1) is 23.2 Å². The molecule has 0 radical (unpaired) electrons. The second-order valence-corrected chi connectivity index (χ2v) is 8.61. The lowest BCUT2D eigenvalue weighted by Crippen LogP contribution is -2.54. The van der Waals surface area contributed by atoms with Gasteiger partial charge in [0.25, 0.3) is 0 Å². The van der Waals surface area contributed by atoms with Gasteiger partial charge in [0.2, 0.25) is 5.91 Å². The minimum absolute atomic E-state index is 0.187. The molecule has 1 aromatic heterocycles. The molecule has 1 amide bonds. The summed E-state index contributed by atoms with van der Waals surface area (Å²) in [5.74, 6) is 2.17. The van der Waals surface area contributed by atoms with E-state index in [0.29, 0.717) is 13.1 Å². The van der Waals surface area contributed by atoms with Gasteiger partial charge in [-0.25, -0.2) is 0 Å². The summed E-state index contributed by atoms with van der Waals surface area (Å²) < 4.78 is 4.79. The Balaban J connectivity index is 1.54. The maximum atomic E-state index is 13.7. The molecule has 1 aromatic rings. The summed E-state index contributed by atoms with van der Waals surface area (Å²) in [5.41, 5.74) is 0.822. The second kappa shape index (κ2) is 7.01. The zero-order valence-electron chi connectivity index (χ0n) is 15.5. The molecule has 26 heavy (non-hydrogen) atoms. The predicted octanol–water partition coefficient (Wildman–Crippen LogP) is 3.19. The van der Waals surface area contributed by atoms with Crippen molar-refractivity contribution < 1.29 is 14.3 Å². The van der Waals surface area contributed by atoms with Crippen LogP contribution in [0.1, 0.15) is 50.5 Å². The van der Waals surface area contributed by atoms with Gasteiger partial charge in [-0.2, -0.15) is 0 Å². The molecule has 5 nitrogen and oxygen atoms in total. The number of nitrogens with zero attached hydrogens (tertiary/aromatic N) is 2. The lowest BCUT2D eigenvalue weighted by atomic mass is 9.49. The zero-order chi connectivity index (χ0) is 18.1. The van der Waals surface area contributed by atoms with Crippen LogP contribution in [-0.2, 0) is 20.9 Å². The van der Waals surface area contributed by atoms with Gasteiger partial charge >= 0.3 is 5.97 Å². The number of esters is 1. The maximum absolute atomic E-state index is 13.7. The first-order valence-corrected chi connectivity index (χ1v) is 9.83. The third kappa shape index (κ3) is 3.36. The molecule has 5 heteroatoms. The normalized spacial score (nSPS) is 31.7. The van der Waals surface area contributed by atoms with E-state index < -0.39 is 0 Å². The lowest BCUT2D eigenvalue weighted by Gasteiger charge is -2.56. The molecule has 4 bridgehead atoms. The SMILES string of the molecule is COC(=O)CCN(Cc1cccnc1)C(=O)C12CC3CC(CC(C3)C1)C2. The predicted molar refractivity (Wildman–Crippen MR) is 96.9 cm³/mol. The highest BCUT2D eigenvalue weighted by atomic mass is 16.5. The highest BCUT2D eigenvalue weighted by Gasteiger charge is 2.55. The van der Waals surface area contributed by atoms with Crippen molar-refractivity contribution in [2.45, 2.75) is 51.5 Å². The van der Waals surface area contributed by atoms with E-state index in [1.807, 2.05) is 17.0 Å². The number of pyridine rings is 1. The molecule has 4 aliphatic carbocycles. The topological polar surface area (TPSA) is 59.5 Å². The van der Waals surface area contributed by atoms with Crippen LogP contribution in [0.5, 0.6) is 0 Å².